The van der Waals surface area contributed by atoms with E-state index in [9.17, 15) is 22.8 Å². The van der Waals surface area contributed by atoms with Gasteiger partial charge in [0.05, 0.1) is 25.1 Å². The molecule has 1 atom stereocenters. The van der Waals surface area contributed by atoms with E-state index in [1.165, 1.54) is 17.0 Å². The molecule has 1 N–H and O–H groups in total. The molecule has 1 heterocycles. The van der Waals surface area contributed by atoms with Crippen LogP contribution in [0.2, 0.25) is 0 Å². The van der Waals surface area contributed by atoms with Crippen LogP contribution in [0.25, 0.3) is 0 Å². The van der Waals surface area contributed by atoms with Crippen LogP contribution in [0.5, 0.6) is 0 Å². The molecule has 1 amide bonds. The monoisotopic (exact) mass is 317 g/mol. The van der Waals surface area contributed by atoms with E-state index in [4.69, 9.17) is 9.84 Å². The van der Waals surface area contributed by atoms with Gasteiger partial charge in [-0.25, -0.2) is 4.79 Å². The van der Waals surface area contributed by atoms with Gasteiger partial charge in [0, 0.05) is 6.54 Å². The zero-order valence-corrected chi connectivity index (χ0v) is 11.5. The molecule has 1 aromatic carbocycles. The smallest absolute Gasteiger partial charge is 0.416 e. The minimum Gasteiger partial charge on any atom is -0.479 e. The van der Waals surface area contributed by atoms with Gasteiger partial charge in [-0.05, 0) is 17.7 Å². The minimum atomic E-state index is -4.42. The number of ether oxygens (including phenoxy) is 1. The molecule has 120 valence electrons. The molecule has 0 unspecified atom stereocenters. The molecule has 5 nitrogen and oxygen atoms in total. The van der Waals surface area contributed by atoms with E-state index in [2.05, 4.69) is 0 Å². The number of aliphatic carboxylic acids is 1. The van der Waals surface area contributed by atoms with E-state index < -0.39 is 23.8 Å². The van der Waals surface area contributed by atoms with Crippen LogP contribution in [-0.2, 0) is 26.9 Å². The summed E-state index contributed by atoms with van der Waals surface area (Å²) in [6, 6.07) is 4.33. The molecule has 1 saturated heterocycles. The number of carbonyl (C=O) groups is 2. The Kier molecular flexibility index (Phi) is 4.70. The van der Waals surface area contributed by atoms with Crippen LogP contribution in [-0.4, -0.2) is 47.7 Å². The molecule has 1 aliphatic rings. The van der Waals surface area contributed by atoms with Gasteiger partial charge in [-0.3, -0.25) is 4.79 Å². The van der Waals surface area contributed by atoms with Crippen LogP contribution in [0.15, 0.2) is 24.3 Å². The number of amides is 1. The number of benzene rings is 1. The lowest BCUT2D eigenvalue weighted by Gasteiger charge is -2.31. The Bertz CT molecular complexity index is 556. The van der Waals surface area contributed by atoms with Crippen LogP contribution in [0.3, 0.4) is 0 Å². The van der Waals surface area contributed by atoms with Crippen molar-refractivity contribution in [2.45, 2.75) is 18.7 Å². The average Bonchev–Trinajstić information content (AvgIpc) is 2.47. The normalized spacial score (nSPS) is 19.0. The predicted octanol–water partition coefficient (Wildman–Crippen LogP) is 1.56. The Morgan fingerprint density at radius 3 is 2.45 bits per heavy atom. The first-order valence-electron chi connectivity index (χ1n) is 6.55. The third kappa shape index (κ3) is 3.97. The second kappa shape index (κ2) is 6.35. The molecule has 0 aromatic heterocycles. The van der Waals surface area contributed by atoms with Crippen LogP contribution in [0, 0.1) is 0 Å². The molecule has 1 aromatic rings. The first-order valence-corrected chi connectivity index (χ1v) is 6.55. The summed E-state index contributed by atoms with van der Waals surface area (Å²) < 4.78 is 42.3. The number of hydrogen-bond acceptors (Lipinski definition) is 3. The molecule has 8 heteroatoms. The zero-order chi connectivity index (χ0) is 16.3. The zero-order valence-electron chi connectivity index (χ0n) is 11.5. The molecule has 0 spiro atoms. The van der Waals surface area contributed by atoms with E-state index in [1.54, 1.807) is 0 Å². The van der Waals surface area contributed by atoms with Crippen molar-refractivity contribution in [1.82, 2.24) is 4.90 Å². The average molecular weight is 317 g/mol. The second-order valence-electron chi connectivity index (χ2n) is 4.91. The summed E-state index contributed by atoms with van der Waals surface area (Å²) in [5.41, 5.74) is -0.336. The molecular weight excluding hydrogens is 303 g/mol. The highest BCUT2D eigenvalue weighted by Gasteiger charge is 2.31. The Labute approximate surface area is 124 Å². The molecule has 1 aliphatic heterocycles. The lowest BCUT2D eigenvalue weighted by molar-refractivity contribution is -0.159. The number of carboxylic acids is 1. The van der Waals surface area contributed by atoms with Gasteiger partial charge in [0.25, 0.3) is 0 Å². The van der Waals surface area contributed by atoms with Gasteiger partial charge in [-0.2, -0.15) is 13.2 Å². The van der Waals surface area contributed by atoms with E-state index in [-0.39, 0.29) is 32.0 Å². The first-order chi connectivity index (χ1) is 10.3. The van der Waals surface area contributed by atoms with Gasteiger partial charge < -0.3 is 14.7 Å². The summed E-state index contributed by atoms with van der Waals surface area (Å²) in [6.45, 7) is 0.327. The van der Waals surface area contributed by atoms with E-state index in [0.29, 0.717) is 5.56 Å². The highest BCUT2D eigenvalue weighted by Crippen LogP contribution is 2.29. The van der Waals surface area contributed by atoms with Gasteiger partial charge in [-0.15, -0.1) is 0 Å². The summed E-state index contributed by atoms with van der Waals surface area (Å²) in [7, 11) is 0. The number of rotatable bonds is 3. The minimum absolute atomic E-state index is 0.0607. The van der Waals surface area contributed by atoms with Crippen molar-refractivity contribution in [2.24, 2.45) is 0 Å². The third-order valence-electron chi connectivity index (χ3n) is 3.33. The molecule has 0 saturated carbocycles. The Hall–Kier alpha value is -2.09. The summed E-state index contributed by atoms with van der Waals surface area (Å²) in [5.74, 6) is -1.48. The van der Waals surface area contributed by atoms with Gasteiger partial charge >= 0.3 is 12.1 Å². The lowest BCUT2D eigenvalue weighted by atomic mass is 10.1. The molecule has 2 rings (SSSR count). The fourth-order valence-corrected chi connectivity index (χ4v) is 2.12. The quantitative estimate of drug-likeness (QED) is 0.919. The number of halogens is 3. The largest absolute Gasteiger partial charge is 0.479 e. The van der Waals surface area contributed by atoms with E-state index in [0.717, 1.165) is 12.1 Å². The lowest BCUT2D eigenvalue weighted by Crippen LogP contribution is -2.49. The van der Waals surface area contributed by atoms with Crippen molar-refractivity contribution in [1.29, 1.82) is 0 Å². The summed E-state index contributed by atoms with van der Waals surface area (Å²) >= 11 is 0. The van der Waals surface area contributed by atoms with Crippen molar-refractivity contribution in [3.63, 3.8) is 0 Å². The standard InChI is InChI=1S/C14H14F3NO4/c15-14(16,17)10-3-1-9(2-4-10)7-12(19)18-5-6-22-11(8-18)13(20)21/h1-4,11H,5-8H2,(H,20,21)/t11-/m1/s1. The second-order valence-corrected chi connectivity index (χ2v) is 4.91. The van der Waals surface area contributed by atoms with Gasteiger partial charge in [-0.1, -0.05) is 12.1 Å². The van der Waals surface area contributed by atoms with Gasteiger partial charge in [0.1, 0.15) is 0 Å². The van der Waals surface area contributed by atoms with Crippen LogP contribution >= 0.6 is 0 Å². The van der Waals surface area contributed by atoms with Crippen molar-refractivity contribution in [2.75, 3.05) is 19.7 Å². The molecule has 0 bridgehead atoms. The predicted molar refractivity (Wildman–Crippen MR) is 69.1 cm³/mol. The molecule has 1 fully saturated rings. The molecule has 0 aliphatic carbocycles. The number of alkyl halides is 3. The summed E-state index contributed by atoms with van der Waals surface area (Å²) in [4.78, 5) is 24.3. The molecular formula is C14H14F3NO4. The maximum Gasteiger partial charge on any atom is 0.416 e. The number of carbonyl (C=O) groups excluding carboxylic acids is 1. The van der Waals surface area contributed by atoms with Crippen molar-refractivity contribution in [3.8, 4) is 0 Å². The maximum absolute atomic E-state index is 12.4. The molecule has 22 heavy (non-hydrogen) atoms. The maximum atomic E-state index is 12.4. The Balaban J connectivity index is 1.98. The molecule has 0 radical (unpaired) electrons. The number of morpholine rings is 1. The van der Waals surface area contributed by atoms with E-state index >= 15 is 0 Å². The van der Waals surface area contributed by atoms with Crippen LogP contribution < -0.4 is 0 Å². The SMILES string of the molecule is O=C(O)[C@H]1CN(C(=O)Cc2ccc(C(F)(F)F)cc2)CCO1. The summed E-state index contributed by atoms with van der Waals surface area (Å²) in [5, 5.41) is 8.86. The van der Waals surface area contributed by atoms with Crippen LogP contribution in [0.4, 0.5) is 13.2 Å². The highest BCUT2D eigenvalue weighted by atomic mass is 19.4. The van der Waals surface area contributed by atoms with E-state index in [1.807, 2.05) is 0 Å². The fourth-order valence-electron chi connectivity index (χ4n) is 2.12. The van der Waals surface area contributed by atoms with Crippen molar-refractivity contribution >= 4 is 11.9 Å². The van der Waals surface area contributed by atoms with Crippen LogP contribution in [0.1, 0.15) is 11.1 Å². The summed E-state index contributed by atoms with van der Waals surface area (Å²) in [6.07, 6.45) is -5.56. The topological polar surface area (TPSA) is 66.8 Å². The number of nitrogens with zero attached hydrogens (tertiary/aromatic N) is 1. The Morgan fingerprint density at radius 1 is 1.27 bits per heavy atom. The Morgan fingerprint density at radius 2 is 1.91 bits per heavy atom. The first kappa shape index (κ1) is 16.3. The van der Waals surface area contributed by atoms with Crippen molar-refractivity contribution in [3.05, 3.63) is 35.4 Å². The number of hydrogen-bond donors (Lipinski definition) is 1. The third-order valence-corrected chi connectivity index (χ3v) is 3.33. The van der Waals surface area contributed by atoms with Gasteiger partial charge in [0.2, 0.25) is 5.91 Å². The van der Waals surface area contributed by atoms with Gasteiger partial charge in [0.15, 0.2) is 6.10 Å². The van der Waals surface area contributed by atoms with Crippen molar-refractivity contribution < 1.29 is 32.6 Å². The highest BCUT2D eigenvalue weighted by molar-refractivity contribution is 5.80. The fraction of sp³-hybridized carbons (Fsp3) is 0.429. The number of carboxylic acid groups (broad SMARTS) is 1.